The molecule has 0 fully saturated rings. The monoisotopic (exact) mass is 333 g/mol. The Morgan fingerprint density at radius 1 is 1.05 bits per heavy atom. The van der Waals surface area contributed by atoms with Gasteiger partial charge in [-0.05, 0) is 41.9 Å². The third kappa shape index (κ3) is 3.51. The molecule has 2 aromatic carbocycles. The summed E-state index contributed by atoms with van der Waals surface area (Å²) < 4.78 is 39.9. The third-order valence-corrected chi connectivity index (χ3v) is 3.58. The number of hydrogen-bond acceptors (Lipinski definition) is 1. The van der Waals surface area contributed by atoms with Crippen LogP contribution in [0.3, 0.4) is 0 Å². The zero-order chi connectivity index (χ0) is 15.6. The topological polar surface area (TPSA) is 12.0 Å². The highest BCUT2D eigenvalue weighted by Gasteiger charge is 2.20. The summed E-state index contributed by atoms with van der Waals surface area (Å²) in [5.74, 6) is -3.97. The first-order valence-corrected chi connectivity index (χ1v) is 7.02. The highest BCUT2D eigenvalue weighted by atomic mass is 35.5. The van der Waals surface area contributed by atoms with Crippen molar-refractivity contribution in [3.8, 4) is 0 Å². The molecule has 0 aliphatic rings. The Kier molecular flexibility index (Phi) is 5.14. The largest absolute Gasteiger partial charge is 0.306 e. The van der Waals surface area contributed by atoms with E-state index in [-0.39, 0.29) is 5.56 Å². The molecule has 21 heavy (non-hydrogen) atoms. The molecule has 1 nitrogen and oxygen atoms in total. The average molecular weight is 334 g/mol. The Hall–Kier alpha value is -1.23. The summed E-state index contributed by atoms with van der Waals surface area (Å²) in [5.41, 5.74) is 0.853. The van der Waals surface area contributed by atoms with Gasteiger partial charge < -0.3 is 5.32 Å². The molecule has 0 amide bonds. The number of benzene rings is 2. The summed E-state index contributed by atoms with van der Waals surface area (Å²) in [5, 5.41) is 3.88. The molecule has 2 rings (SSSR count). The molecular weight excluding hydrogens is 322 g/mol. The van der Waals surface area contributed by atoms with Gasteiger partial charge in [-0.15, -0.1) is 0 Å². The predicted molar refractivity (Wildman–Crippen MR) is 78.3 cm³/mol. The Bertz CT molecular complexity index is 638. The lowest BCUT2D eigenvalue weighted by molar-refractivity contribution is 0.442. The lowest BCUT2D eigenvalue weighted by Gasteiger charge is -2.20. The fraction of sp³-hybridized carbons (Fsp3) is 0.200. The van der Waals surface area contributed by atoms with E-state index in [2.05, 4.69) is 5.32 Å². The maximum absolute atomic E-state index is 13.4. The third-order valence-electron chi connectivity index (χ3n) is 3.02. The Morgan fingerprint density at radius 2 is 1.67 bits per heavy atom. The van der Waals surface area contributed by atoms with Crippen molar-refractivity contribution in [2.45, 2.75) is 13.0 Å². The second-order valence-corrected chi connectivity index (χ2v) is 5.30. The minimum absolute atomic E-state index is 0.248. The Morgan fingerprint density at radius 3 is 2.19 bits per heavy atom. The lowest BCUT2D eigenvalue weighted by Crippen LogP contribution is -2.23. The van der Waals surface area contributed by atoms with Crippen LogP contribution < -0.4 is 5.32 Å². The van der Waals surface area contributed by atoms with Gasteiger partial charge in [0, 0.05) is 10.0 Å². The SMILES string of the molecule is CCNC(c1cc(F)c(F)c(F)c1)c1ccc(Cl)cc1Cl. The molecule has 0 saturated carbocycles. The van der Waals surface area contributed by atoms with Crippen LogP contribution in [0.25, 0.3) is 0 Å². The minimum Gasteiger partial charge on any atom is -0.306 e. The molecule has 6 heteroatoms. The maximum Gasteiger partial charge on any atom is 0.194 e. The lowest BCUT2D eigenvalue weighted by atomic mass is 9.98. The molecule has 0 aliphatic carbocycles. The van der Waals surface area contributed by atoms with Gasteiger partial charge in [-0.2, -0.15) is 0 Å². The van der Waals surface area contributed by atoms with Crippen molar-refractivity contribution in [3.63, 3.8) is 0 Å². The summed E-state index contributed by atoms with van der Waals surface area (Å²) in [7, 11) is 0. The van der Waals surface area contributed by atoms with Crippen LogP contribution in [-0.4, -0.2) is 6.54 Å². The van der Waals surface area contributed by atoms with E-state index >= 15 is 0 Å². The van der Waals surface area contributed by atoms with Gasteiger partial charge in [0.25, 0.3) is 0 Å². The van der Waals surface area contributed by atoms with Gasteiger partial charge in [-0.1, -0.05) is 36.2 Å². The van der Waals surface area contributed by atoms with Gasteiger partial charge in [0.05, 0.1) is 6.04 Å². The number of rotatable bonds is 4. The molecular formula is C15H12Cl2F3N. The van der Waals surface area contributed by atoms with Crippen LogP contribution in [0.2, 0.25) is 10.0 Å². The van der Waals surface area contributed by atoms with Crippen molar-refractivity contribution < 1.29 is 13.2 Å². The quantitative estimate of drug-likeness (QED) is 0.766. The van der Waals surface area contributed by atoms with Crippen molar-refractivity contribution in [3.05, 3.63) is 69.0 Å². The van der Waals surface area contributed by atoms with Crippen LogP contribution in [0.1, 0.15) is 24.1 Å². The van der Waals surface area contributed by atoms with Crippen molar-refractivity contribution in [1.29, 1.82) is 0 Å². The maximum atomic E-state index is 13.4. The summed E-state index contributed by atoms with van der Waals surface area (Å²) in [4.78, 5) is 0. The van der Waals surface area contributed by atoms with Crippen LogP contribution in [0.4, 0.5) is 13.2 Å². The number of nitrogens with one attached hydrogen (secondary N) is 1. The summed E-state index contributed by atoms with van der Waals surface area (Å²) >= 11 is 12.0. The van der Waals surface area contributed by atoms with E-state index in [1.54, 1.807) is 18.2 Å². The van der Waals surface area contributed by atoms with E-state index in [9.17, 15) is 13.2 Å². The predicted octanol–water partition coefficient (Wildman–Crippen LogP) is 5.11. The van der Waals surface area contributed by atoms with Gasteiger partial charge in [0.15, 0.2) is 17.5 Å². The first kappa shape index (κ1) is 16.1. The molecule has 1 N–H and O–H groups in total. The highest BCUT2D eigenvalue weighted by molar-refractivity contribution is 6.35. The fourth-order valence-corrected chi connectivity index (χ4v) is 2.61. The molecule has 112 valence electrons. The van der Waals surface area contributed by atoms with Crippen LogP contribution in [0, 0.1) is 17.5 Å². The van der Waals surface area contributed by atoms with E-state index in [1.807, 2.05) is 6.92 Å². The Labute approximate surface area is 130 Å². The van der Waals surface area contributed by atoms with Gasteiger partial charge >= 0.3 is 0 Å². The molecule has 2 aromatic rings. The normalized spacial score (nSPS) is 12.5. The molecule has 1 unspecified atom stereocenters. The van der Waals surface area contributed by atoms with Crippen molar-refractivity contribution >= 4 is 23.2 Å². The fourth-order valence-electron chi connectivity index (χ4n) is 2.09. The van der Waals surface area contributed by atoms with Crippen molar-refractivity contribution in [2.75, 3.05) is 6.54 Å². The van der Waals surface area contributed by atoms with Crippen molar-refractivity contribution in [1.82, 2.24) is 5.32 Å². The minimum atomic E-state index is -1.49. The molecule has 0 aromatic heterocycles. The van der Waals surface area contributed by atoms with Gasteiger partial charge in [0.1, 0.15) is 0 Å². The van der Waals surface area contributed by atoms with Crippen molar-refractivity contribution in [2.24, 2.45) is 0 Å². The first-order chi connectivity index (χ1) is 9.93. The van der Waals surface area contributed by atoms with Gasteiger partial charge in [-0.25, -0.2) is 13.2 Å². The zero-order valence-corrected chi connectivity index (χ0v) is 12.6. The molecule has 0 bridgehead atoms. The van der Waals surface area contributed by atoms with E-state index < -0.39 is 23.5 Å². The van der Waals surface area contributed by atoms with Gasteiger partial charge in [0.2, 0.25) is 0 Å². The molecule has 0 heterocycles. The molecule has 0 aliphatic heterocycles. The average Bonchev–Trinajstić information content (AvgIpc) is 2.42. The van der Waals surface area contributed by atoms with Gasteiger partial charge in [-0.3, -0.25) is 0 Å². The highest BCUT2D eigenvalue weighted by Crippen LogP contribution is 2.31. The second kappa shape index (κ2) is 6.69. The first-order valence-electron chi connectivity index (χ1n) is 6.26. The second-order valence-electron chi connectivity index (χ2n) is 4.46. The van der Waals surface area contributed by atoms with E-state index in [1.165, 1.54) is 0 Å². The summed E-state index contributed by atoms with van der Waals surface area (Å²) in [6.45, 7) is 2.37. The summed E-state index contributed by atoms with van der Waals surface area (Å²) in [6.07, 6.45) is 0. The number of hydrogen-bond donors (Lipinski definition) is 1. The molecule has 0 spiro atoms. The standard InChI is InChI=1S/C15H12Cl2F3N/c1-2-21-15(10-4-3-9(16)7-11(10)17)8-5-12(18)14(20)13(19)6-8/h3-7,15,21H,2H2,1H3. The van der Waals surface area contributed by atoms with Crippen LogP contribution in [0.15, 0.2) is 30.3 Å². The molecule has 0 saturated heterocycles. The van der Waals surface area contributed by atoms with E-state index in [0.29, 0.717) is 22.2 Å². The molecule has 1 atom stereocenters. The van der Waals surface area contributed by atoms with E-state index in [0.717, 1.165) is 12.1 Å². The Balaban J connectivity index is 2.53. The summed E-state index contributed by atoms with van der Waals surface area (Å²) in [6, 6.07) is 6.18. The van der Waals surface area contributed by atoms with Crippen LogP contribution >= 0.6 is 23.2 Å². The smallest absolute Gasteiger partial charge is 0.194 e. The number of halogens is 5. The van der Waals surface area contributed by atoms with Crippen LogP contribution in [0.5, 0.6) is 0 Å². The zero-order valence-electron chi connectivity index (χ0n) is 11.1. The van der Waals surface area contributed by atoms with Crippen LogP contribution in [-0.2, 0) is 0 Å². The van der Waals surface area contributed by atoms with E-state index in [4.69, 9.17) is 23.2 Å². The molecule has 0 radical (unpaired) electrons.